The summed E-state index contributed by atoms with van der Waals surface area (Å²) in [7, 11) is 0. The van der Waals surface area contributed by atoms with E-state index >= 15 is 0 Å². The predicted molar refractivity (Wildman–Crippen MR) is 114 cm³/mol. The number of hydrogen-bond acceptors (Lipinski definition) is 6. The van der Waals surface area contributed by atoms with Crippen LogP contribution in [-0.2, 0) is 11.3 Å². The Hall–Kier alpha value is -2.91. The van der Waals surface area contributed by atoms with E-state index in [1.54, 1.807) is 22.8 Å². The first kappa shape index (κ1) is 19.4. The number of aromatic nitrogens is 5. The number of benzene rings is 1. The van der Waals surface area contributed by atoms with Crippen LogP contribution in [0.5, 0.6) is 0 Å². The maximum absolute atomic E-state index is 12.8. The van der Waals surface area contributed by atoms with E-state index in [0.717, 1.165) is 6.42 Å². The number of anilines is 1. The van der Waals surface area contributed by atoms with E-state index in [1.807, 2.05) is 29.5 Å². The van der Waals surface area contributed by atoms with Gasteiger partial charge in [0.2, 0.25) is 11.7 Å². The molecule has 3 heterocycles. The number of halogens is 1. The standard InChI is InChI=1S/C19H17ClN6O2S/c1-2-9-25-17(28)13-5-3-4-6-14(13)26-18(25)23-24-19(26)29-11-16(27)22-15-8-7-12(20)10-21-15/h3-8,10H,2,9,11H2,1H3,(H,21,22,27). The topological polar surface area (TPSA) is 94.2 Å². The van der Waals surface area contributed by atoms with Crippen LogP contribution in [0.4, 0.5) is 5.82 Å². The minimum atomic E-state index is -0.229. The van der Waals surface area contributed by atoms with Crippen LogP contribution < -0.4 is 10.9 Å². The van der Waals surface area contributed by atoms with E-state index in [0.29, 0.717) is 39.2 Å². The zero-order chi connectivity index (χ0) is 20.4. The second-order valence-electron chi connectivity index (χ2n) is 6.29. The Kier molecular flexibility index (Phi) is 5.50. The summed E-state index contributed by atoms with van der Waals surface area (Å²) in [5.41, 5.74) is 0.623. The molecular weight excluding hydrogens is 412 g/mol. The molecule has 1 amide bonds. The number of rotatable bonds is 6. The number of aryl methyl sites for hydroxylation is 1. The molecule has 8 nitrogen and oxygen atoms in total. The number of hydrogen-bond donors (Lipinski definition) is 1. The summed E-state index contributed by atoms with van der Waals surface area (Å²) in [4.78, 5) is 29.2. The molecule has 3 aromatic heterocycles. The Labute approximate surface area is 174 Å². The Bertz CT molecular complexity index is 1250. The normalized spacial score (nSPS) is 11.2. The zero-order valence-electron chi connectivity index (χ0n) is 15.5. The molecule has 0 fully saturated rings. The highest BCUT2D eigenvalue weighted by molar-refractivity contribution is 7.99. The predicted octanol–water partition coefficient (Wildman–Crippen LogP) is 3.23. The molecule has 29 heavy (non-hydrogen) atoms. The van der Waals surface area contributed by atoms with Crippen molar-refractivity contribution in [2.45, 2.75) is 25.0 Å². The lowest BCUT2D eigenvalue weighted by molar-refractivity contribution is -0.113. The highest BCUT2D eigenvalue weighted by Gasteiger charge is 2.17. The van der Waals surface area contributed by atoms with Gasteiger partial charge in [-0.05, 0) is 30.7 Å². The van der Waals surface area contributed by atoms with Gasteiger partial charge in [-0.15, -0.1) is 10.2 Å². The third-order valence-electron chi connectivity index (χ3n) is 4.25. The van der Waals surface area contributed by atoms with Gasteiger partial charge < -0.3 is 5.32 Å². The summed E-state index contributed by atoms with van der Waals surface area (Å²) >= 11 is 7.05. The van der Waals surface area contributed by atoms with Gasteiger partial charge in [-0.3, -0.25) is 18.6 Å². The smallest absolute Gasteiger partial charge is 0.262 e. The molecule has 1 aromatic carbocycles. The molecule has 4 rings (SSSR count). The van der Waals surface area contributed by atoms with Gasteiger partial charge in [-0.2, -0.15) is 0 Å². The van der Waals surface area contributed by atoms with Crippen molar-refractivity contribution >= 4 is 51.8 Å². The van der Waals surface area contributed by atoms with Crippen LogP contribution in [0.25, 0.3) is 16.7 Å². The van der Waals surface area contributed by atoms with Crippen molar-refractivity contribution in [3.63, 3.8) is 0 Å². The number of carbonyl (C=O) groups is 1. The first-order valence-corrected chi connectivity index (χ1v) is 10.4. The van der Waals surface area contributed by atoms with Crippen molar-refractivity contribution in [2.75, 3.05) is 11.1 Å². The lowest BCUT2D eigenvalue weighted by atomic mass is 10.2. The van der Waals surface area contributed by atoms with Gasteiger partial charge in [0.05, 0.1) is 21.7 Å². The SMILES string of the molecule is CCCn1c(=O)c2ccccc2n2c(SCC(=O)Nc3ccc(Cl)cn3)nnc12. The molecule has 0 radical (unpaired) electrons. The van der Waals surface area contributed by atoms with Gasteiger partial charge in [0, 0.05) is 12.7 Å². The molecule has 0 aliphatic carbocycles. The number of nitrogens with zero attached hydrogens (tertiary/aromatic N) is 5. The molecule has 0 aliphatic rings. The minimum Gasteiger partial charge on any atom is -0.310 e. The van der Waals surface area contributed by atoms with Gasteiger partial charge in [-0.1, -0.05) is 42.4 Å². The average molecular weight is 429 g/mol. The van der Waals surface area contributed by atoms with Gasteiger partial charge >= 0.3 is 0 Å². The van der Waals surface area contributed by atoms with Crippen LogP contribution in [0.2, 0.25) is 5.02 Å². The van der Waals surface area contributed by atoms with Crippen LogP contribution in [0.1, 0.15) is 13.3 Å². The summed E-state index contributed by atoms with van der Waals surface area (Å²) < 4.78 is 3.45. The Balaban J connectivity index is 1.65. The summed E-state index contributed by atoms with van der Waals surface area (Å²) in [5, 5.41) is 12.8. The third-order valence-corrected chi connectivity index (χ3v) is 5.41. The van der Waals surface area contributed by atoms with Crippen LogP contribution in [0.3, 0.4) is 0 Å². The molecule has 0 saturated heterocycles. The average Bonchev–Trinajstić information content (AvgIpc) is 3.15. The first-order valence-electron chi connectivity index (χ1n) is 8.99. The van der Waals surface area contributed by atoms with E-state index in [-0.39, 0.29) is 17.2 Å². The van der Waals surface area contributed by atoms with Crippen LogP contribution in [0, 0.1) is 0 Å². The molecule has 0 bridgehead atoms. The third kappa shape index (κ3) is 3.83. The lowest BCUT2D eigenvalue weighted by Crippen LogP contribution is -2.23. The number of pyridine rings is 1. The van der Waals surface area contributed by atoms with Crippen molar-refractivity contribution in [1.82, 2.24) is 24.1 Å². The fraction of sp³-hybridized carbons (Fsp3) is 0.211. The van der Waals surface area contributed by atoms with Gasteiger partial charge in [0.25, 0.3) is 5.56 Å². The van der Waals surface area contributed by atoms with Crippen LogP contribution in [0.15, 0.2) is 52.5 Å². The molecular formula is C19H17ClN6O2S. The molecule has 148 valence electrons. The Morgan fingerprint density at radius 2 is 2.03 bits per heavy atom. The molecule has 1 N–H and O–H groups in total. The van der Waals surface area contributed by atoms with E-state index in [1.165, 1.54) is 18.0 Å². The number of thioether (sulfide) groups is 1. The molecule has 0 spiro atoms. The van der Waals surface area contributed by atoms with Crippen molar-refractivity contribution in [3.8, 4) is 0 Å². The summed E-state index contributed by atoms with van der Waals surface area (Å²) in [6.07, 6.45) is 2.26. The van der Waals surface area contributed by atoms with E-state index in [2.05, 4.69) is 20.5 Å². The van der Waals surface area contributed by atoms with E-state index in [4.69, 9.17) is 11.6 Å². The minimum absolute atomic E-state index is 0.0922. The second-order valence-corrected chi connectivity index (χ2v) is 7.67. The number of carbonyl (C=O) groups excluding carboxylic acids is 1. The number of nitrogens with one attached hydrogen (secondary N) is 1. The zero-order valence-corrected chi connectivity index (χ0v) is 17.1. The molecule has 0 saturated carbocycles. The van der Waals surface area contributed by atoms with Crippen molar-refractivity contribution < 1.29 is 4.79 Å². The molecule has 0 unspecified atom stereocenters. The largest absolute Gasteiger partial charge is 0.310 e. The monoisotopic (exact) mass is 428 g/mol. The quantitative estimate of drug-likeness (QED) is 0.474. The summed E-state index contributed by atoms with van der Waals surface area (Å²) in [6, 6.07) is 10.6. The fourth-order valence-electron chi connectivity index (χ4n) is 3.01. The van der Waals surface area contributed by atoms with Crippen molar-refractivity contribution in [1.29, 1.82) is 0 Å². The highest BCUT2D eigenvalue weighted by atomic mass is 35.5. The molecule has 0 aliphatic heterocycles. The Morgan fingerprint density at radius 3 is 2.79 bits per heavy atom. The van der Waals surface area contributed by atoms with Gasteiger partial charge in [0.1, 0.15) is 5.82 Å². The summed E-state index contributed by atoms with van der Waals surface area (Å²) in [5.74, 6) is 0.783. The number of para-hydroxylation sites is 1. The van der Waals surface area contributed by atoms with Gasteiger partial charge in [-0.25, -0.2) is 4.98 Å². The van der Waals surface area contributed by atoms with E-state index in [9.17, 15) is 9.59 Å². The maximum Gasteiger partial charge on any atom is 0.262 e. The number of amides is 1. The first-order chi connectivity index (χ1) is 14.1. The second kappa shape index (κ2) is 8.22. The van der Waals surface area contributed by atoms with Gasteiger partial charge in [0.15, 0.2) is 5.16 Å². The lowest BCUT2D eigenvalue weighted by Gasteiger charge is -2.10. The fourth-order valence-corrected chi connectivity index (χ4v) is 3.86. The Morgan fingerprint density at radius 1 is 1.21 bits per heavy atom. The maximum atomic E-state index is 12.8. The van der Waals surface area contributed by atoms with E-state index < -0.39 is 0 Å². The molecule has 0 atom stereocenters. The number of fused-ring (bicyclic) bond motifs is 3. The van der Waals surface area contributed by atoms with Crippen LogP contribution >= 0.6 is 23.4 Å². The van der Waals surface area contributed by atoms with Crippen molar-refractivity contribution in [3.05, 3.63) is 58.0 Å². The molecule has 10 heteroatoms. The van der Waals surface area contributed by atoms with Crippen LogP contribution in [-0.4, -0.2) is 35.8 Å². The molecule has 4 aromatic rings. The summed E-state index contributed by atoms with van der Waals surface area (Å²) in [6.45, 7) is 2.54. The highest BCUT2D eigenvalue weighted by Crippen LogP contribution is 2.22. The van der Waals surface area contributed by atoms with Crippen molar-refractivity contribution in [2.24, 2.45) is 0 Å².